The van der Waals surface area contributed by atoms with Crippen LogP contribution >= 0.6 is 0 Å². The highest BCUT2D eigenvalue weighted by Gasteiger charge is 2.07. The fourth-order valence-corrected chi connectivity index (χ4v) is 1.23. The molecule has 0 unspecified atom stereocenters. The van der Waals surface area contributed by atoms with Crippen LogP contribution in [0.3, 0.4) is 0 Å². The Kier molecular flexibility index (Phi) is 2.38. The molecule has 2 rings (SSSR count). The van der Waals surface area contributed by atoms with Gasteiger partial charge in [-0.25, -0.2) is 15.0 Å². The molecule has 0 aliphatic heterocycles. The predicted octanol–water partition coefficient (Wildman–Crippen LogP) is -0.821. The second-order valence-electron chi connectivity index (χ2n) is 2.96. The first-order valence-corrected chi connectivity index (χ1v) is 4.21. The van der Waals surface area contributed by atoms with Gasteiger partial charge in [0.2, 0.25) is 0 Å². The first-order chi connectivity index (χ1) is 6.81. The second kappa shape index (κ2) is 3.69. The number of rotatable bonds is 3. The molecule has 0 aromatic carbocycles. The lowest BCUT2D eigenvalue weighted by Crippen LogP contribution is -2.19. The normalized spacial score (nSPS) is 13.3. The van der Waals surface area contributed by atoms with Crippen LogP contribution in [0.25, 0.3) is 11.2 Å². The van der Waals surface area contributed by atoms with E-state index >= 15 is 0 Å². The minimum absolute atomic E-state index is 0.273. The van der Waals surface area contributed by atoms with Crippen molar-refractivity contribution < 1.29 is 10.2 Å². The third-order valence-corrected chi connectivity index (χ3v) is 1.90. The molecule has 1 atom stereocenters. The van der Waals surface area contributed by atoms with Gasteiger partial charge in [0.15, 0.2) is 5.65 Å². The van der Waals surface area contributed by atoms with Gasteiger partial charge < -0.3 is 14.8 Å². The zero-order valence-corrected chi connectivity index (χ0v) is 7.41. The Morgan fingerprint density at radius 1 is 1.43 bits per heavy atom. The van der Waals surface area contributed by atoms with Gasteiger partial charge in [-0.05, 0) is 0 Å². The molecule has 6 heteroatoms. The highest BCUT2D eigenvalue weighted by molar-refractivity contribution is 5.68. The molecule has 0 amide bonds. The van der Waals surface area contributed by atoms with E-state index in [1.165, 1.54) is 6.33 Å². The van der Waals surface area contributed by atoms with Crippen molar-refractivity contribution in [3.8, 4) is 0 Å². The summed E-state index contributed by atoms with van der Waals surface area (Å²) >= 11 is 0. The minimum atomic E-state index is -0.789. The smallest absolute Gasteiger partial charge is 0.163 e. The number of hydrogen-bond acceptors (Lipinski definition) is 5. The van der Waals surface area contributed by atoms with E-state index in [1.54, 1.807) is 17.1 Å². The number of hydrogen-bond donors (Lipinski definition) is 2. The summed E-state index contributed by atoms with van der Waals surface area (Å²) in [6.07, 6.45) is 3.80. The van der Waals surface area contributed by atoms with Crippen molar-refractivity contribution >= 4 is 11.2 Å². The maximum Gasteiger partial charge on any atom is 0.163 e. The molecule has 6 nitrogen and oxygen atoms in total. The molecule has 0 bridgehead atoms. The zero-order chi connectivity index (χ0) is 9.97. The first kappa shape index (κ1) is 9.04. The Labute approximate surface area is 79.9 Å². The van der Waals surface area contributed by atoms with Crippen LogP contribution in [-0.2, 0) is 6.54 Å². The summed E-state index contributed by atoms with van der Waals surface area (Å²) in [5.74, 6) is 0. The van der Waals surface area contributed by atoms with Crippen LogP contribution < -0.4 is 0 Å². The van der Waals surface area contributed by atoms with Crippen molar-refractivity contribution in [1.29, 1.82) is 0 Å². The van der Waals surface area contributed by atoms with E-state index in [2.05, 4.69) is 15.0 Å². The van der Waals surface area contributed by atoms with Crippen molar-refractivity contribution in [2.75, 3.05) is 6.61 Å². The van der Waals surface area contributed by atoms with Gasteiger partial charge in [0.1, 0.15) is 11.8 Å². The van der Waals surface area contributed by atoms with Crippen LogP contribution in [0.15, 0.2) is 18.9 Å². The largest absolute Gasteiger partial charge is 0.394 e. The Morgan fingerprint density at radius 2 is 2.29 bits per heavy atom. The number of nitrogens with zero attached hydrogens (tertiary/aromatic N) is 4. The molecule has 0 aliphatic rings. The number of aliphatic hydroxyl groups excluding tert-OH is 2. The molecule has 0 spiro atoms. The third kappa shape index (κ3) is 1.57. The number of fused-ring (bicyclic) bond motifs is 1. The van der Waals surface area contributed by atoms with Crippen molar-refractivity contribution in [2.45, 2.75) is 12.6 Å². The van der Waals surface area contributed by atoms with Crippen molar-refractivity contribution in [2.24, 2.45) is 0 Å². The number of imidazole rings is 1. The van der Waals surface area contributed by atoms with Crippen molar-refractivity contribution in [1.82, 2.24) is 19.5 Å². The molecule has 74 valence electrons. The van der Waals surface area contributed by atoms with Crippen LogP contribution in [0.1, 0.15) is 0 Å². The van der Waals surface area contributed by atoms with E-state index < -0.39 is 6.10 Å². The number of aliphatic hydroxyl groups is 2. The fourth-order valence-electron chi connectivity index (χ4n) is 1.23. The summed E-state index contributed by atoms with van der Waals surface area (Å²) in [5, 5.41) is 17.9. The molecule has 0 aliphatic carbocycles. The summed E-state index contributed by atoms with van der Waals surface area (Å²) in [7, 11) is 0. The maximum atomic E-state index is 9.25. The molecule has 0 saturated carbocycles. The van der Waals surface area contributed by atoms with Crippen molar-refractivity contribution in [3.63, 3.8) is 0 Å². The molecule has 2 aromatic rings. The lowest BCUT2D eigenvalue weighted by Gasteiger charge is -2.07. The molecular weight excluding hydrogens is 184 g/mol. The molecule has 2 N–H and O–H groups in total. The first-order valence-electron chi connectivity index (χ1n) is 4.21. The van der Waals surface area contributed by atoms with Gasteiger partial charge in [0.25, 0.3) is 0 Å². The Morgan fingerprint density at radius 3 is 3.07 bits per heavy atom. The lowest BCUT2D eigenvalue weighted by molar-refractivity contribution is 0.0820. The highest BCUT2D eigenvalue weighted by Crippen LogP contribution is 2.07. The monoisotopic (exact) mass is 194 g/mol. The van der Waals surface area contributed by atoms with Gasteiger partial charge in [-0.3, -0.25) is 0 Å². The maximum absolute atomic E-state index is 9.25. The summed E-state index contributed by atoms with van der Waals surface area (Å²) in [5.41, 5.74) is 1.34. The van der Waals surface area contributed by atoms with E-state index in [0.717, 1.165) is 0 Å². The Bertz CT molecular complexity index is 428. The van der Waals surface area contributed by atoms with E-state index in [9.17, 15) is 5.11 Å². The van der Waals surface area contributed by atoms with Gasteiger partial charge in [-0.1, -0.05) is 0 Å². The molecular formula is C8H10N4O2. The van der Waals surface area contributed by atoms with Gasteiger partial charge >= 0.3 is 0 Å². The summed E-state index contributed by atoms with van der Waals surface area (Å²) in [4.78, 5) is 11.9. The molecule has 0 saturated heterocycles. The van der Waals surface area contributed by atoms with Crippen LogP contribution in [0, 0.1) is 0 Å². The lowest BCUT2D eigenvalue weighted by atomic mass is 10.4. The Balaban J connectivity index is 2.33. The molecule has 0 fully saturated rings. The van der Waals surface area contributed by atoms with Crippen LogP contribution in [0.5, 0.6) is 0 Å². The quantitative estimate of drug-likeness (QED) is 0.667. The average molecular weight is 194 g/mol. The highest BCUT2D eigenvalue weighted by atomic mass is 16.3. The SMILES string of the molecule is OC[C@@H](O)Cn1cnc2cncnc21. The standard InChI is InChI=1S/C8H10N4O2/c13-3-6(14)2-12-5-11-7-1-9-4-10-8(7)12/h1,4-6,13-14H,2-3H2/t6-/m0/s1. The van der Waals surface area contributed by atoms with Crippen molar-refractivity contribution in [3.05, 3.63) is 18.9 Å². The van der Waals surface area contributed by atoms with E-state index in [1.807, 2.05) is 0 Å². The average Bonchev–Trinajstić information content (AvgIpc) is 2.62. The van der Waals surface area contributed by atoms with Gasteiger partial charge in [0.05, 0.1) is 31.8 Å². The molecule has 0 radical (unpaired) electrons. The van der Waals surface area contributed by atoms with E-state index in [0.29, 0.717) is 11.2 Å². The summed E-state index contributed by atoms with van der Waals surface area (Å²) < 4.78 is 1.68. The fraction of sp³-hybridized carbons (Fsp3) is 0.375. The topological polar surface area (TPSA) is 84.1 Å². The van der Waals surface area contributed by atoms with Crippen LogP contribution in [0.2, 0.25) is 0 Å². The summed E-state index contributed by atoms with van der Waals surface area (Å²) in [6.45, 7) is 0.00870. The van der Waals surface area contributed by atoms with Gasteiger partial charge in [-0.15, -0.1) is 0 Å². The second-order valence-corrected chi connectivity index (χ2v) is 2.96. The zero-order valence-electron chi connectivity index (χ0n) is 7.41. The van der Waals surface area contributed by atoms with E-state index in [4.69, 9.17) is 5.11 Å². The van der Waals surface area contributed by atoms with Crippen LogP contribution in [-0.4, -0.2) is 42.4 Å². The van der Waals surface area contributed by atoms with E-state index in [-0.39, 0.29) is 13.2 Å². The minimum Gasteiger partial charge on any atom is -0.394 e. The Hall–Kier alpha value is -1.53. The van der Waals surface area contributed by atoms with Crippen LogP contribution in [0.4, 0.5) is 0 Å². The van der Waals surface area contributed by atoms with Gasteiger partial charge in [-0.2, -0.15) is 0 Å². The summed E-state index contributed by atoms with van der Waals surface area (Å²) in [6, 6.07) is 0. The number of aromatic nitrogens is 4. The van der Waals surface area contributed by atoms with Gasteiger partial charge in [0, 0.05) is 0 Å². The molecule has 2 aromatic heterocycles. The molecule has 14 heavy (non-hydrogen) atoms. The predicted molar refractivity (Wildman–Crippen MR) is 48.4 cm³/mol. The third-order valence-electron chi connectivity index (χ3n) is 1.90. The molecule has 2 heterocycles.